The van der Waals surface area contributed by atoms with Crippen molar-refractivity contribution in [2.45, 2.75) is 6.92 Å². The summed E-state index contributed by atoms with van der Waals surface area (Å²) in [5.41, 5.74) is 11.1. The van der Waals surface area contributed by atoms with Gasteiger partial charge >= 0.3 is 6.03 Å². The largest absolute Gasteiger partial charge is 0.378 e. The highest BCUT2D eigenvalue weighted by atomic mass is 16.2. The van der Waals surface area contributed by atoms with Crippen molar-refractivity contribution >= 4 is 23.4 Å². The monoisotopic (exact) mass is 403 g/mol. The number of aliphatic imine (C=N–C) groups is 1. The molecule has 3 rings (SSSR count). The molecule has 0 aliphatic heterocycles. The van der Waals surface area contributed by atoms with Crippen LogP contribution in [0.5, 0.6) is 0 Å². The number of anilines is 1. The second-order valence-electron chi connectivity index (χ2n) is 6.75. The van der Waals surface area contributed by atoms with Gasteiger partial charge < -0.3 is 16.0 Å². The van der Waals surface area contributed by atoms with E-state index in [9.17, 15) is 4.79 Å². The molecule has 1 aromatic carbocycles. The summed E-state index contributed by atoms with van der Waals surface area (Å²) in [5, 5.41) is 5.15. The summed E-state index contributed by atoms with van der Waals surface area (Å²) in [7, 11) is 3.94. The molecule has 0 atom stereocenters. The molecule has 0 saturated heterocycles. The number of aromatic nitrogens is 2. The number of rotatable bonds is 5. The first-order chi connectivity index (χ1) is 14.5. The van der Waals surface area contributed by atoms with Gasteiger partial charge in [0.2, 0.25) is 5.96 Å². The van der Waals surface area contributed by atoms with Gasteiger partial charge in [0.25, 0.3) is 0 Å². The van der Waals surface area contributed by atoms with Crippen molar-refractivity contribution < 1.29 is 4.79 Å². The average molecular weight is 403 g/mol. The van der Waals surface area contributed by atoms with Crippen LogP contribution < -0.4 is 21.3 Å². The molecule has 154 valence electrons. The maximum Gasteiger partial charge on any atom is 0.321 e. The number of benzene rings is 1. The molecule has 2 heterocycles. The SMILES string of the molecule is CCNC(=O)NC(N)=Nc1ccc(-c2cccnc2)cc1-c1cc(N(C)C)ccn1. The van der Waals surface area contributed by atoms with E-state index in [1.54, 1.807) is 18.6 Å². The Bertz CT molecular complexity index is 1050. The zero-order valence-corrected chi connectivity index (χ0v) is 17.3. The third-order valence-electron chi connectivity index (χ3n) is 4.35. The summed E-state index contributed by atoms with van der Waals surface area (Å²) < 4.78 is 0. The van der Waals surface area contributed by atoms with E-state index in [1.165, 1.54) is 0 Å². The normalized spacial score (nSPS) is 11.1. The van der Waals surface area contributed by atoms with Crippen LogP contribution in [0.15, 0.2) is 66.0 Å². The number of pyridine rings is 2. The Labute approximate surface area is 175 Å². The highest BCUT2D eigenvalue weighted by Gasteiger charge is 2.12. The first kappa shape index (κ1) is 20.8. The highest BCUT2D eigenvalue weighted by molar-refractivity contribution is 5.97. The number of carbonyl (C=O) groups excluding carboxylic acids is 1. The van der Waals surface area contributed by atoms with Crippen molar-refractivity contribution in [1.29, 1.82) is 0 Å². The molecule has 0 aliphatic carbocycles. The zero-order chi connectivity index (χ0) is 21.5. The van der Waals surface area contributed by atoms with Crippen molar-refractivity contribution in [2.75, 3.05) is 25.5 Å². The van der Waals surface area contributed by atoms with Gasteiger partial charge in [-0.05, 0) is 42.8 Å². The van der Waals surface area contributed by atoms with Crippen LogP contribution in [0.2, 0.25) is 0 Å². The maximum atomic E-state index is 11.7. The van der Waals surface area contributed by atoms with Gasteiger partial charge in [-0.1, -0.05) is 12.1 Å². The fourth-order valence-electron chi connectivity index (χ4n) is 2.88. The number of nitrogens with two attached hydrogens (primary N) is 1. The van der Waals surface area contributed by atoms with Crippen LogP contribution in [0, 0.1) is 0 Å². The van der Waals surface area contributed by atoms with Crippen LogP contribution in [0.25, 0.3) is 22.4 Å². The Morgan fingerprint density at radius 1 is 1.13 bits per heavy atom. The van der Waals surface area contributed by atoms with E-state index in [1.807, 2.05) is 68.4 Å². The van der Waals surface area contributed by atoms with Gasteiger partial charge in [-0.2, -0.15) is 0 Å². The second-order valence-corrected chi connectivity index (χ2v) is 6.75. The lowest BCUT2D eigenvalue weighted by molar-refractivity contribution is 0.245. The summed E-state index contributed by atoms with van der Waals surface area (Å²) in [6.07, 6.45) is 5.29. The molecule has 0 aliphatic rings. The van der Waals surface area contributed by atoms with Crippen LogP contribution in [-0.4, -0.2) is 42.6 Å². The third kappa shape index (κ3) is 5.11. The molecular formula is C22H25N7O. The van der Waals surface area contributed by atoms with Gasteiger partial charge in [0.1, 0.15) is 0 Å². The predicted molar refractivity (Wildman–Crippen MR) is 121 cm³/mol. The first-order valence-electron chi connectivity index (χ1n) is 9.55. The predicted octanol–water partition coefficient (Wildman–Crippen LogP) is 3.14. The number of carbonyl (C=O) groups is 1. The first-order valence-corrected chi connectivity index (χ1v) is 9.55. The summed E-state index contributed by atoms with van der Waals surface area (Å²) in [6.45, 7) is 2.32. The van der Waals surface area contributed by atoms with E-state index in [2.05, 4.69) is 25.6 Å². The number of guanidine groups is 1. The molecule has 3 aromatic rings. The molecule has 2 amide bonds. The number of amides is 2. The lowest BCUT2D eigenvalue weighted by Crippen LogP contribution is -2.43. The Balaban J connectivity index is 2.08. The van der Waals surface area contributed by atoms with Gasteiger partial charge in [-0.25, -0.2) is 9.79 Å². The summed E-state index contributed by atoms with van der Waals surface area (Å²) in [4.78, 5) is 26.9. The number of nitrogens with one attached hydrogen (secondary N) is 2. The Morgan fingerprint density at radius 3 is 2.67 bits per heavy atom. The summed E-state index contributed by atoms with van der Waals surface area (Å²) >= 11 is 0. The van der Waals surface area contributed by atoms with Crippen LogP contribution in [0.4, 0.5) is 16.2 Å². The molecule has 0 spiro atoms. The topological polar surface area (TPSA) is 109 Å². The molecular weight excluding hydrogens is 378 g/mol. The lowest BCUT2D eigenvalue weighted by atomic mass is 10.0. The molecule has 30 heavy (non-hydrogen) atoms. The summed E-state index contributed by atoms with van der Waals surface area (Å²) in [6, 6.07) is 13.2. The Kier molecular flexibility index (Phi) is 6.59. The minimum Gasteiger partial charge on any atom is -0.378 e. The van der Waals surface area contributed by atoms with Crippen molar-refractivity contribution in [1.82, 2.24) is 20.6 Å². The highest BCUT2D eigenvalue weighted by Crippen LogP contribution is 2.34. The molecule has 0 fully saturated rings. The Morgan fingerprint density at radius 2 is 1.97 bits per heavy atom. The maximum absolute atomic E-state index is 11.7. The van der Waals surface area contributed by atoms with Gasteiger partial charge in [-0.15, -0.1) is 0 Å². The van der Waals surface area contributed by atoms with E-state index >= 15 is 0 Å². The fraction of sp³-hybridized carbons (Fsp3) is 0.182. The van der Waals surface area contributed by atoms with E-state index in [4.69, 9.17) is 5.73 Å². The van der Waals surface area contributed by atoms with Gasteiger partial charge in [0.05, 0.1) is 11.4 Å². The number of hydrogen-bond acceptors (Lipinski definition) is 5. The minimum atomic E-state index is -0.403. The molecule has 0 radical (unpaired) electrons. The quantitative estimate of drug-likeness (QED) is 0.448. The average Bonchev–Trinajstić information content (AvgIpc) is 2.74. The van der Waals surface area contributed by atoms with E-state index in [0.29, 0.717) is 12.2 Å². The van der Waals surface area contributed by atoms with Gasteiger partial charge in [0, 0.05) is 56.0 Å². The molecule has 8 nitrogen and oxygen atoms in total. The molecule has 0 bridgehead atoms. The van der Waals surface area contributed by atoms with E-state index in [0.717, 1.165) is 28.1 Å². The standard InChI is InChI=1S/C22H25N7O/c1-4-25-22(30)28-21(23)27-19-8-7-15(16-6-5-10-24-14-16)12-18(19)20-13-17(29(2)3)9-11-26-20/h5-14H,4H2,1-3H3,(H4,23,25,27,28,30). The number of nitrogens with zero attached hydrogens (tertiary/aromatic N) is 4. The Hall–Kier alpha value is -3.94. The lowest BCUT2D eigenvalue weighted by Gasteiger charge is -2.15. The fourth-order valence-corrected chi connectivity index (χ4v) is 2.88. The van der Waals surface area contributed by atoms with Crippen molar-refractivity contribution in [3.63, 3.8) is 0 Å². The second kappa shape index (κ2) is 9.51. The van der Waals surface area contributed by atoms with Crippen LogP contribution in [0.1, 0.15) is 6.92 Å². The van der Waals surface area contributed by atoms with Crippen LogP contribution in [0.3, 0.4) is 0 Å². The summed E-state index contributed by atoms with van der Waals surface area (Å²) in [5.74, 6) is 0.0000851. The van der Waals surface area contributed by atoms with Gasteiger partial charge in [-0.3, -0.25) is 15.3 Å². The van der Waals surface area contributed by atoms with Gasteiger partial charge in [0.15, 0.2) is 0 Å². The van der Waals surface area contributed by atoms with Crippen LogP contribution in [-0.2, 0) is 0 Å². The van der Waals surface area contributed by atoms with Crippen molar-refractivity contribution in [3.05, 3.63) is 61.1 Å². The molecule has 8 heteroatoms. The minimum absolute atomic E-state index is 0.0000851. The smallest absolute Gasteiger partial charge is 0.321 e. The molecule has 0 saturated carbocycles. The van der Waals surface area contributed by atoms with Crippen molar-refractivity contribution in [2.24, 2.45) is 10.7 Å². The number of hydrogen-bond donors (Lipinski definition) is 3. The third-order valence-corrected chi connectivity index (χ3v) is 4.35. The van der Waals surface area contributed by atoms with Crippen molar-refractivity contribution in [3.8, 4) is 22.4 Å². The molecule has 0 unspecified atom stereocenters. The molecule has 4 N–H and O–H groups in total. The van der Waals surface area contributed by atoms with Crippen LogP contribution >= 0.6 is 0 Å². The number of urea groups is 1. The van der Waals surface area contributed by atoms with E-state index in [-0.39, 0.29) is 5.96 Å². The zero-order valence-electron chi connectivity index (χ0n) is 17.3. The van der Waals surface area contributed by atoms with E-state index < -0.39 is 6.03 Å². The molecule has 2 aromatic heterocycles.